The molecule has 11 heteroatoms. The van der Waals surface area contributed by atoms with Crippen molar-refractivity contribution < 1.29 is 4.79 Å². The van der Waals surface area contributed by atoms with Crippen molar-refractivity contribution in [2.24, 2.45) is 5.92 Å². The minimum absolute atomic E-state index is 0. The Morgan fingerprint density at radius 2 is 1.92 bits per heavy atom. The van der Waals surface area contributed by atoms with E-state index in [2.05, 4.69) is 46.0 Å². The summed E-state index contributed by atoms with van der Waals surface area (Å²) in [6.07, 6.45) is 7.65. The highest BCUT2D eigenvalue weighted by Gasteiger charge is 2.42. The number of carbonyl (C=O) groups excluding carboxylic acids is 1. The van der Waals surface area contributed by atoms with Crippen molar-refractivity contribution in [1.82, 2.24) is 39.6 Å². The van der Waals surface area contributed by atoms with Gasteiger partial charge in [-0.25, -0.2) is 19.3 Å². The second-order valence-corrected chi connectivity index (χ2v) is 10.3. The summed E-state index contributed by atoms with van der Waals surface area (Å²) in [6, 6.07) is 10.5. The van der Waals surface area contributed by atoms with Crippen LogP contribution in [0.25, 0.3) is 28.2 Å². The Bertz CT molecular complexity index is 1390. The molecular weight excluding hydrogens is 502 g/mol. The Morgan fingerprint density at radius 1 is 1.13 bits per heavy atom. The standard InChI is InChI=1S/C27H33N9O.ClH/c1-4-33-12-5-6-21(33)15-34-16-23(18(2)3)36(27(34)37)24-11-13-35-26(31-24)22(14-30-35)19-7-9-20(10-8-19)25-28-17-29-32-25;/h7-11,13-14,17-18,21,23H,4-6,12,15-16H2,1-3H3,(H,28,29,32);1H. The van der Waals surface area contributed by atoms with Crippen molar-refractivity contribution in [3.8, 4) is 22.5 Å². The van der Waals surface area contributed by atoms with Gasteiger partial charge in [-0.05, 0) is 43.5 Å². The molecule has 2 fully saturated rings. The molecule has 38 heavy (non-hydrogen) atoms. The van der Waals surface area contributed by atoms with Crippen molar-refractivity contribution in [3.63, 3.8) is 0 Å². The number of fused-ring (bicyclic) bond motifs is 1. The highest BCUT2D eigenvalue weighted by atomic mass is 35.5. The number of nitrogens with zero attached hydrogens (tertiary/aromatic N) is 8. The molecule has 2 aliphatic heterocycles. The van der Waals surface area contributed by atoms with Crippen LogP contribution in [0.2, 0.25) is 0 Å². The molecule has 10 nitrogen and oxygen atoms in total. The van der Waals surface area contributed by atoms with Crippen molar-refractivity contribution in [1.29, 1.82) is 0 Å². The lowest BCUT2D eigenvalue weighted by atomic mass is 10.0. The fraction of sp³-hybridized carbons (Fsp3) is 0.444. The molecule has 1 aromatic carbocycles. The highest BCUT2D eigenvalue weighted by Crippen LogP contribution is 2.32. The second-order valence-electron chi connectivity index (χ2n) is 10.3. The van der Waals surface area contributed by atoms with Crippen LogP contribution < -0.4 is 4.90 Å². The van der Waals surface area contributed by atoms with Crippen LogP contribution in [0.1, 0.15) is 33.6 Å². The normalized spacial score (nSPS) is 20.2. The maximum atomic E-state index is 13.7. The topological polar surface area (TPSA) is 98.6 Å². The van der Waals surface area contributed by atoms with Gasteiger partial charge in [0.25, 0.3) is 0 Å². The average Bonchev–Trinajstić information content (AvgIpc) is 3.71. The first-order valence-electron chi connectivity index (χ1n) is 13.2. The van der Waals surface area contributed by atoms with Gasteiger partial charge in [0.2, 0.25) is 0 Å². The molecule has 0 saturated carbocycles. The quantitative estimate of drug-likeness (QED) is 0.377. The maximum absolute atomic E-state index is 13.7. The number of halogens is 1. The summed E-state index contributed by atoms with van der Waals surface area (Å²) < 4.78 is 1.77. The fourth-order valence-corrected chi connectivity index (χ4v) is 5.73. The summed E-state index contributed by atoms with van der Waals surface area (Å²) in [5.74, 6) is 1.64. The van der Waals surface area contributed by atoms with Crippen LogP contribution in [0.5, 0.6) is 0 Å². The van der Waals surface area contributed by atoms with Gasteiger partial charge in [-0.15, -0.1) is 12.4 Å². The third-order valence-corrected chi connectivity index (χ3v) is 7.79. The molecule has 2 atom stereocenters. The SMILES string of the molecule is CCN1CCCC1CN1CC(C(C)C)N(c2ccn3ncc(-c4ccc(-c5nc[nH]n5)cc4)c3n2)C1=O.Cl. The zero-order chi connectivity index (χ0) is 25.5. The van der Waals surface area contributed by atoms with Gasteiger partial charge in [-0.2, -0.15) is 10.2 Å². The molecule has 0 radical (unpaired) electrons. The summed E-state index contributed by atoms with van der Waals surface area (Å²) in [6.45, 7) is 10.2. The Morgan fingerprint density at radius 3 is 2.63 bits per heavy atom. The lowest BCUT2D eigenvalue weighted by Crippen LogP contribution is -2.42. The van der Waals surface area contributed by atoms with E-state index in [0.29, 0.717) is 23.6 Å². The number of benzene rings is 1. The van der Waals surface area contributed by atoms with Crippen LogP contribution >= 0.6 is 12.4 Å². The van der Waals surface area contributed by atoms with E-state index >= 15 is 0 Å². The smallest absolute Gasteiger partial charge is 0.321 e. The van der Waals surface area contributed by atoms with E-state index in [9.17, 15) is 4.79 Å². The van der Waals surface area contributed by atoms with Crippen molar-refractivity contribution in [2.75, 3.05) is 31.1 Å². The molecule has 200 valence electrons. The number of hydrogen-bond acceptors (Lipinski definition) is 6. The van der Waals surface area contributed by atoms with Crippen LogP contribution in [-0.2, 0) is 0 Å². The third kappa shape index (κ3) is 4.63. The van der Waals surface area contributed by atoms with Gasteiger partial charge >= 0.3 is 6.03 Å². The number of amides is 2. The van der Waals surface area contributed by atoms with Crippen molar-refractivity contribution in [2.45, 2.75) is 45.7 Å². The van der Waals surface area contributed by atoms with E-state index in [0.717, 1.165) is 54.9 Å². The first-order chi connectivity index (χ1) is 18.0. The second kappa shape index (κ2) is 10.7. The summed E-state index contributed by atoms with van der Waals surface area (Å²) >= 11 is 0. The van der Waals surface area contributed by atoms with Gasteiger partial charge < -0.3 is 4.90 Å². The zero-order valence-electron chi connectivity index (χ0n) is 22.0. The highest BCUT2D eigenvalue weighted by molar-refractivity contribution is 5.94. The summed E-state index contributed by atoms with van der Waals surface area (Å²) in [7, 11) is 0. The van der Waals surface area contributed by atoms with Gasteiger partial charge in [-0.1, -0.05) is 45.0 Å². The van der Waals surface area contributed by atoms with Gasteiger partial charge in [0, 0.05) is 36.5 Å². The van der Waals surface area contributed by atoms with E-state index < -0.39 is 0 Å². The first-order valence-corrected chi connectivity index (χ1v) is 13.2. The molecule has 5 heterocycles. The molecular formula is C27H34ClN9O. The van der Waals surface area contributed by atoms with Gasteiger partial charge in [0.05, 0.1) is 12.2 Å². The number of hydrogen-bond donors (Lipinski definition) is 1. The zero-order valence-corrected chi connectivity index (χ0v) is 22.8. The molecule has 0 bridgehead atoms. The predicted octanol–water partition coefficient (Wildman–Crippen LogP) is 4.35. The largest absolute Gasteiger partial charge is 0.326 e. The van der Waals surface area contributed by atoms with E-state index in [1.165, 1.54) is 6.42 Å². The Balaban J connectivity index is 0.00000294. The lowest BCUT2D eigenvalue weighted by Gasteiger charge is -2.27. The minimum atomic E-state index is 0. The number of carbonyl (C=O) groups is 1. The molecule has 4 aromatic rings. The average molecular weight is 536 g/mol. The number of likely N-dealkylation sites (N-methyl/N-ethyl adjacent to an activating group) is 1. The molecule has 2 amide bonds. The molecule has 1 N–H and O–H groups in total. The van der Waals surface area contributed by atoms with Crippen LogP contribution in [0.3, 0.4) is 0 Å². The van der Waals surface area contributed by atoms with Gasteiger partial charge in [-0.3, -0.25) is 14.9 Å². The molecule has 3 aromatic heterocycles. The summed E-state index contributed by atoms with van der Waals surface area (Å²) in [4.78, 5) is 29.4. The predicted molar refractivity (Wildman–Crippen MR) is 149 cm³/mol. The Hall–Kier alpha value is -3.50. The molecule has 2 saturated heterocycles. The molecule has 6 rings (SSSR count). The van der Waals surface area contributed by atoms with E-state index in [1.54, 1.807) is 10.8 Å². The summed E-state index contributed by atoms with van der Waals surface area (Å²) in [5, 5.41) is 11.4. The van der Waals surface area contributed by atoms with Crippen LogP contribution in [0, 0.1) is 5.92 Å². The monoisotopic (exact) mass is 535 g/mol. The Labute approximate surface area is 228 Å². The minimum Gasteiger partial charge on any atom is -0.321 e. The van der Waals surface area contributed by atoms with E-state index in [-0.39, 0.29) is 24.5 Å². The maximum Gasteiger partial charge on any atom is 0.326 e. The number of likely N-dealkylation sites (tertiary alicyclic amines) is 1. The summed E-state index contributed by atoms with van der Waals surface area (Å²) in [5.41, 5.74) is 3.57. The lowest BCUT2D eigenvalue weighted by molar-refractivity contribution is 0.186. The number of urea groups is 1. The third-order valence-electron chi connectivity index (χ3n) is 7.79. The number of aromatic amines is 1. The molecule has 2 unspecified atom stereocenters. The molecule has 2 aliphatic rings. The van der Waals surface area contributed by atoms with E-state index in [4.69, 9.17) is 4.98 Å². The van der Waals surface area contributed by atoms with Crippen LogP contribution in [-0.4, -0.2) is 83.9 Å². The number of H-pyrrole nitrogens is 1. The molecule has 0 aliphatic carbocycles. The number of rotatable bonds is 7. The fourth-order valence-electron chi connectivity index (χ4n) is 5.73. The van der Waals surface area contributed by atoms with Crippen molar-refractivity contribution >= 4 is 29.9 Å². The number of aromatic nitrogens is 6. The Kier molecular flexibility index (Phi) is 7.36. The first kappa shape index (κ1) is 26.1. The molecule has 0 spiro atoms. The van der Waals surface area contributed by atoms with E-state index in [1.807, 2.05) is 52.5 Å². The number of anilines is 1. The van der Waals surface area contributed by atoms with Gasteiger partial charge in [0.15, 0.2) is 11.5 Å². The van der Waals surface area contributed by atoms with Crippen LogP contribution in [0.4, 0.5) is 10.6 Å². The van der Waals surface area contributed by atoms with Crippen LogP contribution in [0.15, 0.2) is 49.1 Å². The van der Waals surface area contributed by atoms with Gasteiger partial charge in [0.1, 0.15) is 12.1 Å². The number of nitrogens with one attached hydrogen (secondary N) is 1. The van der Waals surface area contributed by atoms with Crippen molar-refractivity contribution in [3.05, 3.63) is 49.1 Å².